The van der Waals surface area contributed by atoms with Gasteiger partial charge in [0.05, 0.1) is 18.1 Å². The van der Waals surface area contributed by atoms with Crippen molar-refractivity contribution in [1.82, 2.24) is 10.6 Å². The fourth-order valence-electron chi connectivity index (χ4n) is 3.89. The molecule has 2 rings (SSSR count). The SMILES string of the molecule is CC1CC(CCNC(=O)NC2CCC(C(=O)O)CC2)CC(C)O1. The smallest absolute Gasteiger partial charge is 0.315 e. The van der Waals surface area contributed by atoms with Crippen LogP contribution in [0.2, 0.25) is 0 Å². The van der Waals surface area contributed by atoms with E-state index in [1.807, 2.05) is 0 Å². The van der Waals surface area contributed by atoms with Gasteiger partial charge in [0.25, 0.3) is 0 Å². The van der Waals surface area contributed by atoms with Crippen molar-refractivity contribution in [2.45, 2.75) is 77.0 Å². The zero-order chi connectivity index (χ0) is 16.8. The highest BCUT2D eigenvalue weighted by Crippen LogP contribution is 2.27. The van der Waals surface area contributed by atoms with Crippen molar-refractivity contribution < 1.29 is 19.4 Å². The first-order valence-electron chi connectivity index (χ1n) is 8.86. The fourth-order valence-corrected chi connectivity index (χ4v) is 3.89. The molecule has 0 radical (unpaired) electrons. The molecule has 2 atom stereocenters. The molecule has 0 aromatic rings. The van der Waals surface area contributed by atoms with E-state index >= 15 is 0 Å². The second-order valence-electron chi connectivity index (χ2n) is 7.17. The van der Waals surface area contributed by atoms with E-state index in [0.29, 0.717) is 37.5 Å². The third-order valence-corrected chi connectivity index (χ3v) is 5.04. The van der Waals surface area contributed by atoms with E-state index in [0.717, 1.165) is 32.1 Å². The molecule has 2 aliphatic rings. The Balaban J connectivity index is 1.59. The molecule has 132 valence electrons. The van der Waals surface area contributed by atoms with Crippen LogP contribution in [0, 0.1) is 11.8 Å². The molecule has 6 nitrogen and oxygen atoms in total. The molecule has 1 saturated carbocycles. The number of carbonyl (C=O) groups is 2. The number of urea groups is 1. The van der Waals surface area contributed by atoms with Gasteiger partial charge in [-0.3, -0.25) is 4.79 Å². The van der Waals surface area contributed by atoms with E-state index in [9.17, 15) is 9.59 Å². The fraction of sp³-hybridized carbons (Fsp3) is 0.882. The van der Waals surface area contributed by atoms with Crippen molar-refractivity contribution in [2.24, 2.45) is 11.8 Å². The van der Waals surface area contributed by atoms with Gasteiger partial charge in [-0.25, -0.2) is 4.79 Å². The molecule has 2 unspecified atom stereocenters. The average molecular weight is 326 g/mol. The van der Waals surface area contributed by atoms with Crippen LogP contribution in [0.15, 0.2) is 0 Å². The Kier molecular flexibility index (Phi) is 6.69. The first kappa shape index (κ1) is 18.0. The summed E-state index contributed by atoms with van der Waals surface area (Å²) in [4.78, 5) is 22.8. The molecule has 1 saturated heterocycles. The van der Waals surface area contributed by atoms with Crippen molar-refractivity contribution in [3.63, 3.8) is 0 Å². The maximum atomic E-state index is 11.9. The van der Waals surface area contributed by atoms with Crippen molar-refractivity contribution in [3.8, 4) is 0 Å². The predicted molar refractivity (Wildman–Crippen MR) is 87.3 cm³/mol. The largest absolute Gasteiger partial charge is 0.481 e. The van der Waals surface area contributed by atoms with Crippen LogP contribution in [-0.2, 0) is 9.53 Å². The van der Waals surface area contributed by atoms with Gasteiger partial charge >= 0.3 is 12.0 Å². The summed E-state index contributed by atoms with van der Waals surface area (Å²) in [6.45, 7) is 4.90. The Morgan fingerprint density at radius 1 is 1.09 bits per heavy atom. The van der Waals surface area contributed by atoms with Crippen LogP contribution in [0.25, 0.3) is 0 Å². The number of aliphatic carboxylic acids is 1. The Labute approximate surface area is 138 Å². The van der Waals surface area contributed by atoms with Gasteiger partial charge < -0.3 is 20.5 Å². The van der Waals surface area contributed by atoms with Gasteiger partial charge in [-0.05, 0) is 64.7 Å². The molecule has 23 heavy (non-hydrogen) atoms. The number of ether oxygens (including phenoxy) is 1. The lowest BCUT2D eigenvalue weighted by Crippen LogP contribution is -2.44. The maximum absolute atomic E-state index is 11.9. The van der Waals surface area contributed by atoms with Crippen LogP contribution < -0.4 is 10.6 Å². The third kappa shape index (κ3) is 6.01. The quantitative estimate of drug-likeness (QED) is 0.724. The van der Waals surface area contributed by atoms with Crippen molar-refractivity contribution in [1.29, 1.82) is 0 Å². The molecule has 6 heteroatoms. The number of hydrogen-bond donors (Lipinski definition) is 3. The Morgan fingerprint density at radius 2 is 1.70 bits per heavy atom. The van der Waals surface area contributed by atoms with Gasteiger partial charge in [0.2, 0.25) is 0 Å². The summed E-state index contributed by atoms with van der Waals surface area (Å²) < 4.78 is 5.73. The minimum atomic E-state index is -0.715. The number of amides is 2. The Bertz CT molecular complexity index is 397. The van der Waals surface area contributed by atoms with E-state index in [1.54, 1.807) is 0 Å². The lowest BCUT2D eigenvalue weighted by Gasteiger charge is -2.32. The average Bonchev–Trinajstić information content (AvgIpc) is 2.46. The summed E-state index contributed by atoms with van der Waals surface area (Å²) >= 11 is 0. The molecule has 0 spiro atoms. The molecule has 0 aromatic heterocycles. The normalized spacial score (nSPS) is 34.6. The Morgan fingerprint density at radius 3 is 2.26 bits per heavy atom. The molecule has 0 aromatic carbocycles. The van der Waals surface area contributed by atoms with E-state index in [1.165, 1.54) is 0 Å². The number of nitrogens with one attached hydrogen (secondary N) is 2. The van der Waals surface area contributed by atoms with Crippen LogP contribution in [0.5, 0.6) is 0 Å². The molecule has 3 N–H and O–H groups in total. The minimum absolute atomic E-state index is 0.105. The third-order valence-electron chi connectivity index (χ3n) is 5.04. The summed E-state index contributed by atoms with van der Waals surface area (Å²) in [5.74, 6) is -0.346. The highest BCUT2D eigenvalue weighted by molar-refractivity contribution is 5.74. The highest BCUT2D eigenvalue weighted by atomic mass is 16.5. The Hall–Kier alpha value is -1.30. The first-order chi connectivity index (χ1) is 10.9. The van der Waals surface area contributed by atoms with E-state index in [2.05, 4.69) is 24.5 Å². The zero-order valence-electron chi connectivity index (χ0n) is 14.2. The van der Waals surface area contributed by atoms with E-state index in [4.69, 9.17) is 9.84 Å². The summed E-state index contributed by atoms with van der Waals surface area (Å²) in [7, 11) is 0. The zero-order valence-corrected chi connectivity index (χ0v) is 14.2. The second kappa shape index (κ2) is 8.52. The van der Waals surface area contributed by atoms with E-state index < -0.39 is 5.97 Å². The van der Waals surface area contributed by atoms with Crippen LogP contribution >= 0.6 is 0 Å². The number of carboxylic acid groups (broad SMARTS) is 1. The van der Waals surface area contributed by atoms with Crippen molar-refractivity contribution in [3.05, 3.63) is 0 Å². The lowest BCUT2D eigenvalue weighted by molar-refractivity contribution is -0.142. The second-order valence-corrected chi connectivity index (χ2v) is 7.17. The molecule has 0 bridgehead atoms. The van der Waals surface area contributed by atoms with Gasteiger partial charge in [0.1, 0.15) is 0 Å². The summed E-state index contributed by atoms with van der Waals surface area (Å²) in [5.41, 5.74) is 0. The summed E-state index contributed by atoms with van der Waals surface area (Å²) in [5, 5.41) is 14.9. The number of hydrogen-bond acceptors (Lipinski definition) is 3. The molecule has 1 aliphatic heterocycles. The van der Waals surface area contributed by atoms with Gasteiger partial charge in [-0.1, -0.05) is 0 Å². The number of carboxylic acids is 1. The topological polar surface area (TPSA) is 87.7 Å². The van der Waals surface area contributed by atoms with Crippen LogP contribution in [-0.4, -0.2) is 41.9 Å². The lowest BCUT2D eigenvalue weighted by atomic mass is 9.86. The maximum Gasteiger partial charge on any atom is 0.315 e. The molecule has 2 amide bonds. The van der Waals surface area contributed by atoms with E-state index in [-0.39, 0.29) is 18.0 Å². The van der Waals surface area contributed by atoms with Gasteiger partial charge in [0.15, 0.2) is 0 Å². The minimum Gasteiger partial charge on any atom is -0.481 e. The van der Waals surface area contributed by atoms with Crippen LogP contribution in [0.1, 0.15) is 58.8 Å². The first-order valence-corrected chi connectivity index (χ1v) is 8.86. The number of rotatable bonds is 5. The summed E-state index contributed by atoms with van der Waals surface area (Å²) in [6.07, 6.45) is 6.52. The standard InChI is InChI=1S/C17H30N2O4/c1-11-9-13(10-12(2)23-11)7-8-18-17(22)19-15-5-3-14(4-6-15)16(20)21/h11-15H,3-10H2,1-2H3,(H,20,21)(H2,18,19,22). The highest BCUT2D eigenvalue weighted by Gasteiger charge is 2.27. The van der Waals surface area contributed by atoms with Crippen LogP contribution in [0.3, 0.4) is 0 Å². The van der Waals surface area contributed by atoms with Crippen molar-refractivity contribution in [2.75, 3.05) is 6.54 Å². The summed E-state index contributed by atoms with van der Waals surface area (Å²) in [6, 6.07) is -0.0225. The van der Waals surface area contributed by atoms with Crippen LogP contribution in [0.4, 0.5) is 4.79 Å². The van der Waals surface area contributed by atoms with Gasteiger partial charge in [0, 0.05) is 12.6 Å². The molecular weight excluding hydrogens is 296 g/mol. The number of carbonyl (C=O) groups excluding carboxylic acids is 1. The molecule has 2 fully saturated rings. The van der Waals surface area contributed by atoms with Gasteiger partial charge in [-0.2, -0.15) is 0 Å². The van der Waals surface area contributed by atoms with Gasteiger partial charge in [-0.15, -0.1) is 0 Å². The predicted octanol–water partition coefficient (Wildman–Crippen LogP) is 2.52. The molecule has 1 aliphatic carbocycles. The van der Waals surface area contributed by atoms with Crippen molar-refractivity contribution >= 4 is 12.0 Å². The molecular formula is C17H30N2O4. The monoisotopic (exact) mass is 326 g/mol. The molecule has 1 heterocycles.